The van der Waals surface area contributed by atoms with E-state index in [-0.39, 0.29) is 5.91 Å². The van der Waals surface area contributed by atoms with Crippen molar-refractivity contribution in [2.24, 2.45) is 5.10 Å². The third-order valence-electron chi connectivity index (χ3n) is 2.88. The first-order valence-corrected chi connectivity index (χ1v) is 6.64. The van der Waals surface area contributed by atoms with Gasteiger partial charge in [0.15, 0.2) is 0 Å². The van der Waals surface area contributed by atoms with E-state index in [1.165, 1.54) is 5.56 Å². The highest BCUT2D eigenvalue weighted by molar-refractivity contribution is 5.86. The number of carbonyl (C=O) groups is 1. The van der Waals surface area contributed by atoms with Crippen molar-refractivity contribution in [3.8, 4) is 0 Å². The van der Waals surface area contributed by atoms with Crippen LogP contribution in [-0.2, 0) is 17.6 Å². The van der Waals surface area contributed by atoms with Crippen LogP contribution < -0.4 is 5.43 Å². The molecule has 0 unspecified atom stereocenters. The molecule has 0 aromatic heterocycles. The smallest absolute Gasteiger partial charge is 0.244 e. The fraction of sp³-hybridized carbons (Fsp3) is 0.176. The fourth-order valence-electron chi connectivity index (χ4n) is 1.91. The minimum atomic E-state index is -0.0939. The Morgan fingerprint density at radius 3 is 1.95 bits per heavy atom. The molecule has 20 heavy (non-hydrogen) atoms. The van der Waals surface area contributed by atoms with Gasteiger partial charge in [0.25, 0.3) is 0 Å². The van der Waals surface area contributed by atoms with Gasteiger partial charge in [-0.05, 0) is 18.1 Å². The molecule has 0 atom stereocenters. The molecular formula is C17H18N2O. The zero-order chi connectivity index (χ0) is 14.2. The summed E-state index contributed by atoms with van der Waals surface area (Å²) in [5.41, 5.74) is 5.66. The van der Waals surface area contributed by atoms with Crippen LogP contribution in [0.15, 0.2) is 65.8 Å². The predicted molar refractivity (Wildman–Crippen MR) is 81.5 cm³/mol. The van der Waals surface area contributed by atoms with E-state index in [1.54, 1.807) is 0 Å². The lowest BCUT2D eigenvalue weighted by Crippen LogP contribution is -2.21. The highest BCUT2D eigenvalue weighted by atomic mass is 16.2. The topological polar surface area (TPSA) is 41.5 Å². The van der Waals surface area contributed by atoms with Crippen LogP contribution in [-0.4, -0.2) is 11.6 Å². The lowest BCUT2D eigenvalue weighted by molar-refractivity contribution is -0.120. The minimum Gasteiger partial charge on any atom is -0.273 e. The number of hydrazone groups is 1. The van der Waals surface area contributed by atoms with E-state index >= 15 is 0 Å². The van der Waals surface area contributed by atoms with Crippen LogP contribution in [0.2, 0.25) is 0 Å². The Kier molecular flexibility index (Phi) is 5.07. The molecule has 0 fully saturated rings. The molecule has 102 valence electrons. The van der Waals surface area contributed by atoms with E-state index in [9.17, 15) is 4.79 Å². The second-order valence-corrected chi connectivity index (χ2v) is 4.71. The number of nitrogens with zero attached hydrogens (tertiary/aromatic N) is 1. The summed E-state index contributed by atoms with van der Waals surface area (Å²) in [4.78, 5) is 11.8. The van der Waals surface area contributed by atoms with E-state index in [2.05, 4.69) is 10.5 Å². The maximum absolute atomic E-state index is 11.8. The number of amides is 1. The van der Waals surface area contributed by atoms with Crippen LogP contribution >= 0.6 is 0 Å². The fourth-order valence-corrected chi connectivity index (χ4v) is 1.91. The molecule has 0 saturated carbocycles. The lowest BCUT2D eigenvalue weighted by atomic mass is 10.1. The second-order valence-electron chi connectivity index (χ2n) is 4.71. The van der Waals surface area contributed by atoms with Crippen LogP contribution in [0.1, 0.15) is 18.1 Å². The standard InChI is InChI=1S/C17H18N2O/c1-14(12-15-8-4-2-5-9-15)18-19-17(20)13-16-10-6-3-7-11-16/h2-11H,12-13H2,1H3,(H,19,20)/b18-14+. The molecule has 3 nitrogen and oxygen atoms in total. The van der Waals surface area contributed by atoms with Gasteiger partial charge in [0.05, 0.1) is 6.42 Å². The average molecular weight is 266 g/mol. The molecule has 0 aliphatic heterocycles. The number of hydrogen-bond acceptors (Lipinski definition) is 2. The predicted octanol–water partition coefficient (Wildman–Crippen LogP) is 2.96. The Balaban J connectivity index is 1.84. The van der Waals surface area contributed by atoms with Crippen LogP contribution in [0, 0.1) is 0 Å². The van der Waals surface area contributed by atoms with Gasteiger partial charge in [-0.15, -0.1) is 0 Å². The normalized spacial score (nSPS) is 11.2. The lowest BCUT2D eigenvalue weighted by Gasteiger charge is -2.03. The molecular weight excluding hydrogens is 248 g/mol. The largest absolute Gasteiger partial charge is 0.273 e. The molecule has 0 heterocycles. The van der Waals surface area contributed by atoms with Gasteiger partial charge < -0.3 is 0 Å². The van der Waals surface area contributed by atoms with Crippen molar-refractivity contribution in [1.82, 2.24) is 5.43 Å². The van der Waals surface area contributed by atoms with Gasteiger partial charge in [-0.2, -0.15) is 5.10 Å². The first-order valence-electron chi connectivity index (χ1n) is 6.64. The van der Waals surface area contributed by atoms with Crippen LogP contribution in [0.5, 0.6) is 0 Å². The summed E-state index contributed by atoms with van der Waals surface area (Å²) in [5.74, 6) is -0.0939. The summed E-state index contributed by atoms with van der Waals surface area (Å²) in [6.07, 6.45) is 1.09. The number of rotatable bonds is 5. The SMILES string of the molecule is C/C(Cc1ccccc1)=N\NC(=O)Cc1ccccc1. The quantitative estimate of drug-likeness (QED) is 0.656. The molecule has 0 bridgehead atoms. The molecule has 0 aliphatic carbocycles. The highest BCUT2D eigenvalue weighted by Gasteiger charge is 2.02. The van der Waals surface area contributed by atoms with Gasteiger partial charge in [0, 0.05) is 12.1 Å². The van der Waals surface area contributed by atoms with Gasteiger partial charge in [0.2, 0.25) is 5.91 Å². The molecule has 2 rings (SSSR count). The van der Waals surface area contributed by atoms with Crippen molar-refractivity contribution in [2.45, 2.75) is 19.8 Å². The number of carbonyl (C=O) groups excluding carboxylic acids is 1. The Morgan fingerprint density at radius 2 is 1.40 bits per heavy atom. The zero-order valence-corrected chi connectivity index (χ0v) is 11.5. The molecule has 0 spiro atoms. The van der Waals surface area contributed by atoms with Crippen molar-refractivity contribution in [3.05, 3.63) is 71.8 Å². The van der Waals surface area contributed by atoms with Crippen molar-refractivity contribution < 1.29 is 4.79 Å². The summed E-state index contributed by atoms with van der Waals surface area (Å²) in [7, 11) is 0. The van der Waals surface area contributed by atoms with Gasteiger partial charge in [-0.25, -0.2) is 5.43 Å². The van der Waals surface area contributed by atoms with Crippen molar-refractivity contribution in [1.29, 1.82) is 0 Å². The van der Waals surface area contributed by atoms with E-state index in [1.807, 2.05) is 67.6 Å². The molecule has 0 aliphatic rings. The van der Waals surface area contributed by atoms with E-state index < -0.39 is 0 Å². The van der Waals surface area contributed by atoms with Crippen LogP contribution in [0.25, 0.3) is 0 Å². The Bertz CT molecular complexity index is 576. The summed E-state index contributed by atoms with van der Waals surface area (Å²) >= 11 is 0. The molecule has 2 aromatic rings. The van der Waals surface area contributed by atoms with Crippen LogP contribution in [0.3, 0.4) is 0 Å². The molecule has 3 heteroatoms. The highest BCUT2D eigenvalue weighted by Crippen LogP contribution is 2.01. The zero-order valence-electron chi connectivity index (χ0n) is 11.5. The monoisotopic (exact) mass is 266 g/mol. The van der Waals surface area contributed by atoms with E-state index in [0.29, 0.717) is 6.42 Å². The number of hydrogen-bond donors (Lipinski definition) is 1. The van der Waals surface area contributed by atoms with Gasteiger partial charge in [-0.3, -0.25) is 4.79 Å². The first-order chi connectivity index (χ1) is 9.74. The molecule has 0 radical (unpaired) electrons. The van der Waals surface area contributed by atoms with E-state index in [4.69, 9.17) is 0 Å². The summed E-state index contributed by atoms with van der Waals surface area (Å²) < 4.78 is 0. The molecule has 1 N–H and O–H groups in total. The van der Waals surface area contributed by atoms with Crippen molar-refractivity contribution in [2.75, 3.05) is 0 Å². The first kappa shape index (κ1) is 14.0. The summed E-state index contributed by atoms with van der Waals surface area (Å²) in [5, 5.41) is 4.13. The summed E-state index contributed by atoms with van der Waals surface area (Å²) in [6.45, 7) is 1.91. The number of benzene rings is 2. The Morgan fingerprint density at radius 1 is 0.900 bits per heavy atom. The van der Waals surface area contributed by atoms with Crippen molar-refractivity contribution in [3.63, 3.8) is 0 Å². The molecule has 0 saturated heterocycles. The summed E-state index contributed by atoms with van der Waals surface area (Å²) in [6, 6.07) is 19.7. The van der Waals surface area contributed by atoms with Crippen molar-refractivity contribution >= 4 is 11.6 Å². The Hall–Kier alpha value is -2.42. The van der Waals surface area contributed by atoms with Gasteiger partial charge in [-0.1, -0.05) is 60.7 Å². The third kappa shape index (κ3) is 4.69. The average Bonchev–Trinajstić information content (AvgIpc) is 2.47. The van der Waals surface area contributed by atoms with Gasteiger partial charge >= 0.3 is 0 Å². The third-order valence-corrected chi connectivity index (χ3v) is 2.88. The molecule has 1 amide bonds. The second kappa shape index (κ2) is 7.24. The Labute approximate surface area is 119 Å². The minimum absolute atomic E-state index is 0.0939. The van der Waals surface area contributed by atoms with Crippen LogP contribution in [0.4, 0.5) is 0 Å². The maximum atomic E-state index is 11.8. The van der Waals surface area contributed by atoms with E-state index in [0.717, 1.165) is 17.7 Å². The molecule has 2 aromatic carbocycles. The maximum Gasteiger partial charge on any atom is 0.244 e. The number of nitrogens with one attached hydrogen (secondary N) is 1. The van der Waals surface area contributed by atoms with Gasteiger partial charge in [0.1, 0.15) is 0 Å².